The maximum atomic E-state index is 12.5. The van der Waals surface area contributed by atoms with Gasteiger partial charge in [0.05, 0.1) is 17.2 Å². The number of carbonyl (C=O) groups is 2. The molecule has 0 fully saturated rings. The Balaban J connectivity index is 1.86. The Labute approximate surface area is 142 Å². The van der Waals surface area contributed by atoms with E-state index in [2.05, 4.69) is 5.32 Å². The van der Waals surface area contributed by atoms with Crippen molar-refractivity contribution in [1.82, 2.24) is 5.32 Å². The van der Waals surface area contributed by atoms with E-state index in [1.54, 1.807) is 6.92 Å². The zero-order chi connectivity index (χ0) is 18.4. The average Bonchev–Trinajstić information content (AvgIpc) is 2.59. The molecule has 0 aromatic heterocycles. The number of ether oxygens (including phenoxy) is 1. The minimum absolute atomic E-state index is 0.0584. The van der Waals surface area contributed by atoms with Crippen LogP contribution in [0.2, 0.25) is 0 Å². The molecule has 2 aromatic carbocycles. The lowest BCUT2D eigenvalue weighted by molar-refractivity contribution is -0.137. The molecule has 0 aliphatic rings. The van der Waals surface area contributed by atoms with Crippen molar-refractivity contribution >= 4 is 11.9 Å². The number of hydrogen-bond acceptors (Lipinski definition) is 3. The second-order valence-corrected chi connectivity index (χ2v) is 5.35. The second kappa shape index (κ2) is 7.83. The van der Waals surface area contributed by atoms with Crippen LogP contribution in [0.3, 0.4) is 0 Å². The second-order valence-electron chi connectivity index (χ2n) is 5.35. The maximum absolute atomic E-state index is 12.5. The molecule has 132 valence electrons. The van der Waals surface area contributed by atoms with Crippen molar-refractivity contribution in [2.75, 3.05) is 6.61 Å². The summed E-state index contributed by atoms with van der Waals surface area (Å²) in [6.45, 7) is 1.27. The summed E-state index contributed by atoms with van der Waals surface area (Å²) in [6, 6.07) is 12.5. The molecule has 0 spiro atoms. The van der Waals surface area contributed by atoms with Gasteiger partial charge in [-0.15, -0.1) is 0 Å². The van der Waals surface area contributed by atoms with Gasteiger partial charge >= 0.3 is 12.1 Å². The third-order valence-corrected chi connectivity index (χ3v) is 3.46. The fourth-order valence-corrected chi connectivity index (χ4v) is 2.12. The van der Waals surface area contributed by atoms with Gasteiger partial charge in [-0.25, -0.2) is 4.79 Å². The molecule has 2 rings (SSSR count). The summed E-state index contributed by atoms with van der Waals surface area (Å²) in [7, 11) is 0. The van der Waals surface area contributed by atoms with E-state index in [9.17, 15) is 22.8 Å². The van der Waals surface area contributed by atoms with Crippen molar-refractivity contribution in [3.8, 4) is 0 Å². The van der Waals surface area contributed by atoms with Gasteiger partial charge in [-0.1, -0.05) is 30.3 Å². The minimum atomic E-state index is -4.48. The fourth-order valence-electron chi connectivity index (χ4n) is 2.12. The van der Waals surface area contributed by atoms with E-state index in [4.69, 9.17) is 4.74 Å². The Bertz CT molecular complexity index is 727. The standard InChI is InChI=1S/C18H16F3NO3/c1-12(13-5-3-2-4-6-13)22-16(23)11-25-17(24)14-7-9-15(10-8-14)18(19,20)21/h2-10,12H,11H2,1H3,(H,22,23). The van der Waals surface area contributed by atoms with Crippen molar-refractivity contribution < 1.29 is 27.5 Å². The summed E-state index contributed by atoms with van der Waals surface area (Å²) < 4.78 is 42.2. The number of amides is 1. The lowest BCUT2D eigenvalue weighted by Crippen LogP contribution is -2.31. The predicted octanol–water partition coefficient (Wildman–Crippen LogP) is 3.74. The van der Waals surface area contributed by atoms with Crippen LogP contribution < -0.4 is 5.32 Å². The Hall–Kier alpha value is -2.83. The van der Waals surface area contributed by atoms with Crippen molar-refractivity contribution in [3.05, 3.63) is 71.3 Å². The van der Waals surface area contributed by atoms with E-state index in [-0.39, 0.29) is 11.6 Å². The number of nitrogens with one attached hydrogen (secondary N) is 1. The summed E-state index contributed by atoms with van der Waals surface area (Å²) in [5, 5.41) is 2.67. The van der Waals surface area contributed by atoms with Crippen LogP contribution in [0.15, 0.2) is 54.6 Å². The zero-order valence-corrected chi connectivity index (χ0v) is 13.3. The first-order valence-electron chi connectivity index (χ1n) is 7.46. The van der Waals surface area contributed by atoms with Gasteiger partial charge in [0.2, 0.25) is 0 Å². The third kappa shape index (κ3) is 5.34. The highest BCUT2D eigenvalue weighted by Crippen LogP contribution is 2.29. The smallest absolute Gasteiger partial charge is 0.416 e. The van der Waals surface area contributed by atoms with E-state index < -0.39 is 30.2 Å². The molecule has 0 aliphatic heterocycles. The first-order chi connectivity index (χ1) is 11.8. The van der Waals surface area contributed by atoms with Gasteiger partial charge in [0.25, 0.3) is 5.91 Å². The lowest BCUT2D eigenvalue weighted by atomic mass is 10.1. The molecular formula is C18H16F3NO3. The molecule has 0 saturated heterocycles. The molecule has 0 bridgehead atoms. The molecule has 0 heterocycles. The summed E-state index contributed by atoms with van der Waals surface area (Å²) in [5.74, 6) is -1.37. The monoisotopic (exact) mass is 351 g/mol. The van der Waals surface area contributed by atoms with Crippen LogP contribution in [0, 0.1) is 0 Å². The molecule has 0 saturated carbocycles. The first kappa shape index (κ1) is 18.5. The van der Waals surface area contributed by atoms with E-state index in [0.717, 1.165) is 29.8 Å². The summed E-state index contributed by atoms with van der Waals surface area (Å²) in [4.78, 5) is 23.6. The van der Waals surface area contributed by atoms with Gasteiger partial charge in [-0.3, -0.25) is 4.79 Å². The summed E-state index contributed by atoms with van der Waals surface area (Å²) in [6.07, 6.45) is -4.48. The number of carbonyl (C=O) groups excluding carboxylic acids is 2. The molecule has 4 nitrogen and oxygen atoms in total. The van der Waals surface area contributed by atoms with Crippen LogP contribution in [0.25, 0.3) is 0 Å². The Morgan fingerprint density at radius 1 is 1.04 bits per heavy atom. The number of alkyl halides is 3. The maximum Gasteiger partial charge on any atom is 0.416 e. The topological polar surface area (TPSA) is 55.4 Å². The molecule has 7 heteroatoms. The zero-order valence-electron chi connectivity index (χ0n) is 13.3. The Kier molecular flexibility index (Phi) is 5.80. The van der Waals surface area contributed by atoms with Crippen LogP contribution in [0.4, 0.5) is 13.2 Å². The molecule has 0 radical (unpaired) electrons. The molecule has 1 amide bonds. The molecular weight excluding hydrogens is 335 g/mol. The van der Waals surface area contributed by atoms with E-state index in [1.165, 1.54) is 0 Å². The van der Waals surface area contributed by atoms with Crippen LogP contribution in [-0.2, 0) is 15.7 Å². The highest BCUT2D eigenvalue weighted by molar-refractivity contribution is 5.91. The summed E-state index contributed by atoms with van der Waals surface area (Å²) >= 11 is 0. The molecule has 2 aromatic rings. The number of rotatable bonds is 5. The van der Waals surface area contributed by atoms with Gasteiger partial charge in [-0.05, 0) is 36.8 Å². The molecule has 1 unspecified atom stereocenters. The Morgan fingerprint density at radius 3 is 2.20 bits per heavy atom. The van der Waals surface area contributed by atoms with Crippen LogP contribution >= 0.6 is 0 Å². The number of benzene rings is 2. The predicted molar refractivity (Wildman–Crippen MR) is 84.7 cm³/mol. The normalized spacial score (nSPS) is 12.3. The van der Waals surface area contributed by atoms with Crippen LogP contribution in [0.1, 0.15) is 34.5 Å². The first-order valence-corrected chi connectivity index (χ1v) is 7.46. The van der Waals surface area contributed by atoms with Crippen molar-refractivity contribution in [1.29, 1.82) is 0 Å². The van der Waals surface area contributed by atoms with Gasteiger partial charge < -0.3 is 10.1 Å². The van der Waals surface area contributed by atoms with Gasteiger partial charge in [0, 0.05) is 0 Å². The molecule has 0 aliphatic carbocycles. The largest absolute Gasteiger partial charge is 0.452 e. The number of hydrogen-bond donors (Lipinski definition) is 1. The van der Waals surface area contributed by atoms with Gasteiger partial charge in [0.1, 0.15) is 0 Å². The fraction of sp³-hybridized carbons (Fsp3) is 0.222. The van der Waals surface area contributed by atoms with Gasteiger partial charge in [-0.2, -0.15) is 13.2 Å². The highest BCUT2D eigenvalue weighted by Gasteiger charge is 2.30. The summed E-state index contributed by atoms with van der Waals surface area (Å²) in [5.41, 5.74) is -0.0275. The van der Waals surface area contributed by atoms with Crippen molar-refractivity contribution in [3.63, 3.8) is 0 Å². The van der Waals surface area contributed by atoms with Crippen molar-refractivity contribution in [2.24, 2.45) is 0 Å². The lowest BCUT2D eigenvalue weighted by Gasteiger charge is -2.14. The minimum Gasteiger partial charge on any atom is -0.452 e. The van der Waals surface area contributed by atoms with E-state index in [0.29, 0.717) is 0 Å². The molecule has 25 heavy (non-hydrogen) atoms. The number of esters is 1. The SMILES string of the molecule is CC(NC(=O)COC(=O)c1ccc(C(F)(F)F)cc1)c1ccccc1. The van der Waals surface area contributed by atoms with Crippen LogP contribution in [-0.4, -0.2) is 18.5 Å². The average molecular weight is 351 g/mol. The molecule has 1 atom stereocenters. The highest BCUT2D eigenvalue weighted by atomic mass is 19.4. The quantitative estimate of drug-likeness (QED) is 0.835. The van der Waals surface area contributed by atoms with E-state index in [1.807, 2.05) is 30.3 Å². The van der Waals surface area contributed by atoms with E-state index >= 15 is 0 Å². The van der Waals surface area contributed by atoms with Crippen molar-refractivity contribution in [2.45, 2.75) is 19.1 Å². The third-order valence-electron chi connectivity index (χ3n) is 3.46. The Morgan fingerprint density at radius 2 is 1.64 bits per heavy atom. The van der Waals surface area contributed by atoms with Gasteiger partial charge in [0.15, 0.2) is 6.61 Å². The number of halogens is 3. The molecule has 1 N–H and O–H groups in total. The van der Waals surface area contributed by atoms with Crippen LogP contribution in [0.5, 0.6) is 0 Å².